The molecule has 4 rings (SSSR count). The Balaban J connectivity index is 1.67. The fourth-order valence-electron chi connectivity index (χ4n) is 4.83. The summed E-state index contributed by atoms with van der Waals surface area (Å²) < 4.78 is 6.71. The molecule has 2 aromatic rings. The summed E-state index contributed by atoms with van der Waals surface area (Å²) in [5.41, 5.74) is 2.55. The van der Waals surface area contributed by atoms with Gasteiger partial charge in [-0.2, -0.15) is 0 Å². The van der Waals surface area contributed by atoms with Gasteiger partial charge in [-0.1, -0.05) is 48.5 Å². The lowest BCUT2D eigenvalue weighted by Crippen LogP contribution is -2.47. The number of nitrogens with zero attached hydrogens (tertiary/aromatic N) is 1. The Kier molecular flexibility index (Phi) is 6.22. The van der Waals surface area contributed by atoms with Gasteiger partial charge in [0.25, 0.3) is 5.91 Å². The fourth-order valence-corrected chi connectivity index (χ4v) is 4.83. The van der Waals surface area contributed by atoms with Gasteiger partial charge in [0.2, 0.25) is 0 Å². The predicted molar refractivity (Wildman–Crippen MR) is 130 cm³/mol. The summed E-state index contributed by atoms with van der Waals surface area (Å²) in [5.74, 6) is -0.0451. The summed E-state index contributed by atoms with van der Waals surface area (Å²) in [4.78, 5) is 15.2. The van der Waals surface area contributed by atoms with Crippen LogP contribution in [0.5, 0.6) is 0 Å². The average Bonchev–Trinajstić information content (AvgIpc) is 3.24. The summed E-state index contributed by atoms with van der Waals surface area (Å²) in [5, 5.41) is 6.78. The molecule has 32 heavy (non-hydrogen) atoms. The first-order chi connectivity index (χ1) is 15.3. The van der Waals surface area contributed by atoms with Crippen molar-refractivity contribution in [1.82, 2.24) is 10.2 Å². The van der Waals surface area contributed by atoms with Gasteiger partial charge < -0.3 is 20.3 Å². The van der Waals surface area contributed by atoms with Crippen LogP contribution >= 0.6 is 0 Å². The molecule has 5 heteroatoms. The SMILES string of the molecule is CC1=C(C(=O)NCCN(C)C)C2(C)C=CC1(C(Cc1ccccc1)Nc1ccccc1)O2. The van der Waals surface area contributed by atoms with Gasteiger partial charge in [-0.15, -0.1) is 0 Å². The van der Waals surface area contributed by atoms with E-state index in [1.54, 1.807) is 0 Å². The number of amides is 1. The summed E-state index contributed by atoms with van der Waals surface area (Å²) in [6.45, 7) is 5.43. The highest BCUT2D eigenvalue weighted by Gasteiger charge is 2.58. The zero-order valence-corrected chi connectivity index (χ0v) is 19.4. The highest BCUT2D eigenvalue weighted by molar-refractivity contribution is 5.98. The lowest BCUT2D eigenvalue weighted by Gasteiger charge is -2.36. The Morgan fingerprint density at radius 1 is 1.03 bits per heavy atom. The van der Waals surface area contributed by atoms with E-state index >= 15 is 0 Å². The molecular weight excluding hydrogens is 398 g/mol. The van der Waals surface area contributed by atoms with Crippen LogP contribution in [0.2, 0.25) is 0 Å². The third-order valence-electron chi connectivity index (χ3n) is 6.47. The van der Waals surface area contributed by atoms with Crippen molar-refractivity contribution in [2.75, 3.05) is 32.5 Å². The quantitative estimate of drug-likeness (QED) is 0.593. The number of fused-ring (bicyclic) bond motifs is 2. The second-order valence-electron chi connectivity index (χ2n) is 9.15. The number of nitrogens with one attached hydrogen (secondary N) is 2. The van der Waals surface area contributed by atoms with Crippen LogP contribution in [0.4, 0.5) is 5.69 Å². The molecule has 1 amide bonds. The number of para-hydroxylation sites is 1. The minimum Gasteiger partial charge on any atom is -0.378 e. The number of likely N-dealkylation sites (N-methyl/N-ethyl adjacent to an activating group) is 1. The first kappa shape index (κ1) is 22.3. The number of ether oxygens (including phenoxy) is 1. The fraction of sp³-hybridized carbons (Fsp3) is 0.370. The zero-order valence-electron chi connectivity index (χ0n) is 19.4. The topological polar surface area (TPSA) is 53.6 Å². The van der Waals surface area contributed by atoms with Gasteiger partial charge in [0, 0.05) is 18.8 Å². The molecule has 0 saturated carbocycles. The molecule has 0 fully saturated rings. The molecule has 0 saturated heterocycles. The number of carbonyl (C=O) groups excluding carboxylic acids is 1. The van der Waals surface area contributed by atoms with Crippen molar-refractivity contribution >= 4 is 11.6 Å². The van der Waals surface area contributed by atoms with Gasteiger partial charge in [-0.3, -0.25) is 4.79 Å². The van der Waals surface area contributed by atoms with Crippen molar-refractivity contribution in [3.05, 3.63) is 89.5 Å². The van der Waals surface area contributed by atoms with E-state index in [1.165, 1.54) is 5.56 Å². The minimum atomic E-state index is -0.723. The molecule has 0 aromatic heterocycles. The molecule has 0 spiro atoms. The summed E-state index contributed by atoms with van der Waals surface area (Å²) >= 11 is 0. The summed E-state index contributed by atoms with van der Waals surface area (Å²) in [6.07, 6.45) is 4.96. The monoisotopic (exact) mass is 431 g/mol. The second-order valence-corrected chi connectivity index (χ2v) is 9.15. The van der Waals surface area contributed by atoms with Crippen molar-refractivity contribution in [1.29, 1.82) is 0 Å². The van der Waals surface area contributed by atoms with Gasteiger partial charge >= 0.3 is 0 Å². The van der Waals surface area contributed by atoms with Gasteiger partial charge in [0.05, 0.1) is 11.6 Å². The number of benzene rings is 2. The van der Waals surface area contributed by atoms with Crippen LogP contribution in [0.25, 0.3) is 0 Å². The maximum Gasteiger partial charge on any atom is 0.250 e. The molecule has 168 valence electrons. The number of hydrogen-bond acceptors (Lipinski definition) is 4. The normalized spacial score (nSPS) is 24.8. The van der Waals surface area contributed by atoms with E-state index in [-0.39, 0.29) is 11.9 Å². The third-order valence-corrected chi connectivity index (χ3v) is 6.47. The van der Waals surface area contributed by atoms with Crippen LogP contribution in [0.3, 0.4) is 0 Å². The molecule has 2 aliphatic heterocycles. The highest BCUT2D eigenvalue weighted by Crippen LogP contribution is 2.52. The molecule has 2 heterocycles. The smallest absolute Gasteiger partial charge is 0.250 e. The molecule has 2 N–H and O–H groups in total. The molecule has 0 aliphatic carbocycles. The summed E-state index contributed by atoms with van der Waals surface area (Å²) in [6, 6.07) is 20.5. The van der Waals surface area contributed by atoms with Crippen molar-refractivity contribution in [2.24, 2.45) is 0 Å². The summed E-state index contributed by atoms with van der Waals surface area (Å²) in [7, 11) is 4.00. The van der Waals surface area contributed by atoms with Crippen LogP contribution in [0.15, 0.2) is 84.0 Å². The van der Waals surface area contributed by atoms with Crippen LogP contribution < -0.4 is 10.6 Å². The van der Waals surface area contributed by atoms with E-state index < -0.39 is 11.2 Å². The number of anilines is 1. The van der Waals surface area contributed by atoms with Gasteiger partial charge in [0.1, 0.15) is 11.2 Å². The Hall–Kier alpha value is -2.89. The standard InChI is InChI=1S/C27H33N3O2/c1-20-24(25(31)28-17-18-30(3)4)26(2)15-16-27(20,32-26)23(19-21-11-7-5-8-12-21)29-22-13-9-6-10-14-22/h5-16,23,29H,17-19H2,1-4H3,(H,28,31). The number of rotatable bonds is 9. The van der Waals surface area contributed by atoms with E-state index in [0.717, 1.165) is 29.8 Å². The van der Waals surface area contributed by atoms with Crippen molar-refractivity contribution in [3.63, 3.8) is 0 Å². The molecule has 0 radical (unpaired) electrons. The van der Waals surface area contributed by atoms with Crippen molar-refractivity contribution in [2.45, 2.75) is 37.5 Å². The Labute approximate surface area is 191 Å². The van der Waals surface area contributed by atoms with Crippen molar-refractivity contribution < 1.29 is 9.53 Å². The third kappa shape index (κ3) is 4.23. The first-order valence-corrected chi connectivity index (χ1v) is 11.2. The minimum absolute atomic E-state index is 0.0451. The Morgan fingerprint density at radius 2 is 1.69 bits per heavy atom. The number of hydrogen-bond donors (Lipinski definition) is 2. The maximum absolute atomic E-state index is 13.2. The van der Waals surface area contributed by atoms with E-state index in [0.29, 0.717) is 6.54 Å². The van der Waals surface area contributed by atoms with E-state index in [1.807, 2.05) is 58.3 Å². The Bertz CT molecular complexity index is 974. The largest absolute Gasteiger partial charge is 0.378 e. The van der Waals surface area contributed by atoms with Crippen LogP contribution in [-0.2, 0) is 16.0 Å². The molecular formula is C27H33N3O2. The molecule has 3 unspecified atom stereocenters. The molecule has 2 aliphatic rings. The maximum atomic E-state index is 13.2. The zero-order chi connectivity index (χ0) is 22.8. The van der Waals surface area contributed by atoms with Crippen LogP contribution in [0, 0.1) is 0 Å². The van der Waals surface area contributed by atoms with E-state index in [9.17, 15) is 4.79 Å². The second kappa shape index (κ2) is 8.93. The average molecular weight is 432 g/mol. The Morgan fingerprint density at radius 3 is 2.34 bits per heavy atom. The predicted octanol–water partition coefficient (Wildman–Crippen LogP) is 3.80. The lowest BCUT2D eigenvalue weighted by molar-refractivity contribution is -0.119. The molecule has 2 bridgehead atoms. The van der Waals surface area contributed by atoms with Gasteiger partial charge in [-0.25, -0.2) is 0 Å². The van der Waals surface area contributed by atoms with Crippen LogP contribution in [-0.4, -0.2) is 55.2 Å². The van der Waals surface area contributed by atoms with Crippen LogP contribution in [0.1, 0.15) is 19.4 Å². The van der Waals surface area contributed by atoms with Crippen molar-refractivity contribution in [3.8, 4) is 0 Å². The van der Waals surface area contributed by atoms with Gasteiger partial charge in [0.15, 0.2) is 0 Å². The first-order valence-electron chi connectivity index (χ1n) is 11.2. The molecule has 3 atom stereocenters. The highest BCUT2D eigenvalue weighted by atomic mass is 16.5. The number of carbonyl (C=O) groups is 1. The van der Waals surface area contributed by atoms with Gasteiger partial charge in [-0.05, 0) is 69.8 Å². The van der Waals surface area contributed by atoms with E-state index in [2.05, 4.69) is 58.0 Å². The lowest BCUT2D eigenvalue weighted by atomic mass is 9.77. The molecule has 5 nitrogen and oxygen atoms in total. The van der Waals surface area contributed by atoms with E-state index in [4.69, 9.17) is 4.74 Å². The molecule has 2 aromatic carbocycles.